The van der Waals surface area contributed by atoms with Crippen molar-refractivity contribution in [3.8, 4) is 0 Å². The van der Waals surface area contributed by atoms with Crippen LogP contribution in [0.4, 0.5) is 5.13 Å². The van der Waals surface area contributed by atoms with Crippen molar-refractivity contribution in [2.75, 3.05) is 44.6 Å². The van der Waals surface area contributed by atoms with Gasteiger partial charge in [-0.05, 0) is 12.1 Å². The zero-order chi connectivity index (χ0) is 14.2. The van der Waals surface area contributed by atoms with Gasteiger partial charge in [-0.25, -0.2) is 10.8 Å². The summed E-state index contributed by atoms with van der Waals surface area (Å²) in [7, 11) is 0. The average molecular weight is 297 g/mol. The van der Waals surface area contributed by atoms with Crippen LogP contribution in [0.15, 0.2) is 24.3 Å². The van der Waals surface area contributed by atoms with Crippen LogP contribution in [-0.2, 0) is 9.47 Å². The minimum absolute atomic E-state index is 0.0359. The first kappa shape index (κ1) is 15.1. The molecule has 7 heteroatoms. The molecule has 0 fully saturated rings. The Kier molecular flexibility index (Phi) is 6.16. The molecule has 1 aromatic carbocycles. The highest BCUT2D eigenvalue weighted by Gasteiger charge is 2.08. The van der Waals surface area contributed by atoms with Gasteiger partial charge in [-0.2, -0.15) is 0 Å². The lowest BCUT2D eigenvalue weighted by molar-refractivity contribution is 0.0351. The number of aliphatic hydroxyl groups is 1. The van der Waals surface area contributed by atoms with E-state index in [1.807, 2.05) is 24.3 Å². The molecule has 110 valence electrons. The van der Waals surface area contributed by atoms with Crippen LogP contribution in [-0.4, -0.2) is 49.7 Å². The molecule has 0 radical (unpaired) electrons. The first-order chi connectivity index (χ1) is 9.81. The SMILES string of the molecule is NN(CCOCCOCCO)c1nc2ccccc2s1. The van der Waals surface area contributed by atoms with E-state index < -0.39 is 0 Å². The van der Waals surface area contributed by atoms with Gasteiger partial charge in [0.15, 0.2) is 0 Å². The Labute approximate surface area is 121 Å². The molecule has 2 aromatic rings. The smallest absolute Gasteiger partial charge is 0.200 e. The predicted molar refractivity (Wildman–Crippen MR) is 79.9 cm³/mol. The van der Waals surface area contributed by atoms with E-state index >= 15 is 0 Å². The Morgan fingerprint density at radius 3 is 2.65 bits per heavy atom. The first-order valence-corrected chi connectivity index (χ1v) is 7.27. The molecular formula is C13H19N3O3S. The number of hydrazine groups is 1. The summed E-state index contributed by atoms with van der Waals surface area (Å²) in [5.41, 5.74) is 0.960. The number of hydrogen-bond acceptors (Lipinski definition) is 7. The number of ether oxygens (including phenoxy) is 2. The number of fused-ring (bicyclic) bond motifs is 1. The largest absolute Gasteiger partial charge is 0.394 e. The lowest BCUT2D eigenvalue weighted by Gasteiger charge is -2.14. The van der Waals surface area contributed by atoms with Crippen molar-refractivity contribution in [2.45, 2.75) is 0 Å². The number of nitrogens with two attached hydrogens (primary N) is 1. The number of nitrogens with zero attached hydrogens (tertiary/aromatic N) is 2. The quantitative estimate of drug-likeness (QED) is 0.408. The first-order valence-electron chi connectivity index (χ1n) is 6.45. The molecule has 0 saturated carbocycles. The monoisotopic (exact) mass is 297 g/mol. The van der Waals surface area contributed by atoms with E-state index in [0.717, 1.165) is 15.3 Å². The summed E-state index contributed by atoms with van der Waals surface area (Å²) in [6.45, 7) is 2.43. The van der Waals surface area contributed by atoms with Crippen LogP contribution in [0.2, 0.25) is 0 Å². The second-order valence-corrected chi connectivity index (χ2v) is 5.12. The summed E-state index contributed by atoms with van der Waals surface area (Å²) in [6, 6.07) is 7.94. The standard InChI is InChI=1S/C13H19N3O3S/c14-16(5-7-18-9-10-19-8-6-17)13-15-11-3-1-2-4-12(11)20-13/h1-4,17H,5-10,14H2. The summed E-state index contributed by atoms with van der Waals surface area (Å²) in [4.78, 5) is 4.46. The predicted octanol–water partition coefficient (Wildman–Crippen LogP) is 1.00. The summed E-state index contributed by atoms with van der Waals surface area (Å²) in [5, 5.41) is 10.9. The highest BCUT2D eigenvalue weighted by Crippen LogP contribution is 2.26. The van der Waals surface area contributed by atoms with Crippen molar-refractivity contribution in [3.05, 3.63) is 24.3 Å². The fourth-order valence-corrected chi connectivity index (χ4v) is 2.54. The maximum absolute atomic E-state index is 8.53. The fourth-order valence-electron chi connectivity index (χ4n) is 1.63. The molecule has 20 heavy (non-hydrogen) atoms. The number of anilines is 1. The Bertz CT molecular complexity index is 487. The second-order valence-electron chi connectivity index (χ2n) is 4.11. The van der Waals surface area contributed by atoms with E-state index in [9.17, 15) is 0 Å². The van der Waals surface area contributed by atoms with E-state index in [1.54, 1.807) is 16.3 Å². The van der Waals surface area contributed by atoms with Crippen LogP contribution in [0.1, 0.15) is 0 Å². The van der Waals surface area contributed by atoms with Crippen LogP contribution in [0.5, 0.6) is 0 Å². The fraction of sp³-hybridized carbons (Fsp3) is 0.462. The number of hydrogen-bond donors (Lipinski definition) is 2. The van der Waals surface area contributed by atoms with Gasteiger partial charge in [0.1, 0.15) is 0 Å². The van der Waals surface area contributed by atoms with E-state index in [0.29, 0.717) is 33.0 Å². The molecule has 1 heterocycles. The van der Waals surface area contributed by atoms with Gasteiger partial charge in [0, 0.05) is 0 Å². The van der Waals surface area contributed by atoms with Crippen LogP contribution < -0.4 is 10.9 Å². The van der Waals surface area contributed by atoms with Crippen LogP contribution in [0, 0.1) is 0 Å². The third-order valence-corrected chi connectivity index (χ3v) is 3.69. The number of aliphatic hydroxyl groups excluding tert-OH is 1. The Morgan fingerprint density at radius 1 is 1.15 bits per heavy atom. The molecule has 0 amide bonds. The minimum Gasteiger partial charge on any atom is -0.394 e. The lowest BCUT2D eigenvalue weighted by Crippen LogP contribution is -2.34. The molecule has 0 aliphatic carbocycles. The lowest BCUT2D eigenvalue weighted by atomic mass is 10.3. The maximum atomic E-state index is 8.53. The van der Waals surface area contributed by atoms with E-state index in [2.05, 4.69) is 4.98 Å². The number of para-hydroxylation sites is 1. The van der Waals surface area contributed by atoms with Crippen molar-refractivity contribution < 1.29 is 14.6 Å². The van der Waals surface area contributed by atoms with Crippen molar-refractivity contribution in [3.63, 3.8) is 0 Å². The van der Waals surface area contributed by atoms with Gasteiger partial charge in [-0.15, -0.1) is 0 Å². The van der Waals surface area contributed by atoms with Gasteiger partial charge in [0.25, 0.3) is 0 Å². The van der Waals surface area contributed by atoms with Gasteiger partial charge >= 0.3 is 0 Å². The van der Waals surface area contributed by atoms with Crippen LogP contribution >= 0.6 is 11.3 Å². The van der Waals surface area contributed by atoms with Gasteiger partial charge in [-0.1, -0.05) is 23.5 Å². The maximum Gasteiger partial charge on any atom is 0.200 e. The van der Waals surface area contributed by atoms with Crippen molar-refractivity contribution >= 4 is 26.7 Å². The molecule has 3 N–H and O–H groups in total. The topological polar surface area (TPSA) is 80.8 Å². The number of thiazole rings is 1. The molecule has 6 nitrogen and oxygen atoms in total. The van der Waals surface area contributed by atoms with Crippen molar-refractivity contribution in [1.29, 1.82) is 0 Å². The molecule has 0 aliphatic heterocycles. The van der Waals surface area contributed by atoms with E-state index in [-0.39, 0.29) is 6.61 Å². The Balaban J connectivity index is 1.70. The summed E-state index contributed by atoms with van der Waals surface area (Å²) in [6.07, 6.45) is 0. The molecular weight excluding hydrogens is 278 g/mol. The highest BCUT2D eigenvalue weighted by atomic mass is 32.1. The van der Waals surface area contributed by atoms with Gasteiger partial charge in [-0.3, -0.25) is 5.01 Å². The third kappa shape index (κ3) is 4.39. The van der Waals surface area contributed by atoms with Crippen molar-refractivity contribution in [1.82, 2.24) is 4.98 Å². The Hall–Kier alpha value is -1.25. The molecule has 0 aliphatic rings. The van der Waals surface area contributed by atoms with E-state index in [1.165, 1.54) is 0 Å². The van der Waals surface area contributed by atoms with Gasteiger partial charge < -0.3 is 14.6 Å². The van der Waals surface area contributed by atoms with Gasteiger partial charge in [0.2, 0.25) is 5.13 Å². The summed E-state index contributed by atoms with van der Waals surface area (Å²) >= 11 is 1.56. The molecule has 2 rings (SSSR count). The van der Waals surface area contributed by atoms with Crippen molar-refractivity contribution in [2.24, 2.45) is 5.84 Å². The Morgan fingerprint density at radius 2 is 1.90 bits per heavy atom. The minimum atomic E-state index is 0.0359. The molecule has 0 atom stereocenters. The zero-order valence-electron chi connectivity index (χ0n) is 11.2. The number of rotatable bonds is 9. The number of benzene rings is 1. The average Bonchev–Trinajstić information content (AvgIpc) is 2.90. The molecule has 0 unspecified atom stereocenters. The van der Waals surface area contributed by atoms with Crippen LogP contribution in [0.3, 0.4) is 0 Å². The summed E-state index contributed by atoms with van der Waals surface area (Å²) < 4.78 is 11.6. The van der Waals surface area contributed by atoms with E-state index in [4.69, 9.17) is 20.4 Å². The third-order valence-electron chi connectivity index (χ3n) is 2.61. The van der Waals surface area contributed by atoms with Gasteiger partial charge in [0.05, 0.1) is 49.8 Å². The zero-order valence-corrected chi connectivity index (χ0v) is 12.0. The second kappa shape index (κ2) is 8.13. The molecule has 0 bridgehead atoms. The molecule has 0 saturated heterocycles. The number of aromatic nitrogens is 1. The summed E-state index contributed by atoms with van der Waals surface area (Å²) in [5.74, 6) is 5.96. The van der Waals surface area contributed by atoms with Crippen LogP contribution in [0.25, 0.3) is 10.2 Å². The molecule has 0 spiro atoms. The normalized spacial score (nSPS) is 11.1. The highest BCUT2D eigenvalue weighted by molar-refractivity contribution is 7.22. The molecule has 1 aromatic heterocycles.